The van der Waals surface area contributed by atoms with Crippen molar-refractivity contribution in [3.63, 3.8) is 0 Å². The predicted octanol–water partition coefficient (Wildman–Crippen LogP) is 4.07. The number of aryl methyl sites for hydroxylation is 1. The molecule has 0 atom stereocenters. The predicted molar refractivity (Wildman–Crippen MR) is 77.0 cm³/mol. The maximum Gasteiger partial charge on any atom is -0.00244 e. The first-order chi connectivity index (χ1) is 8.22. The van der Waals surface area contributed by atoms with Crippen molar-refractivity contribution < 1.29 is 0 Å². The van der Waals surface area contributed by atoms with E-state index in [0.717, 1.165) is 5.22 Å². The Balaban J connectivity index is 2.75. The van der Waals surface area contributed by atoms with Crippen LogP contribution in [0.1, 0.15) is 11.1 Å². The SMILES string of the molecule is C=Cc1ccc2c(C)ccc3ccc(=C)c1c32. The van der Waals surface area contributed by atoms with Crippen molar-refractivity contribution in [1.82, 2.24) is 0 Å². The second kappa shape index (κ2) is 3.46. The van der Waals surface area contributed by atoms with E-state index in [1.54, 1.807) is 0 Å². The minimum absolute atomic E-state index is 1.07. The van der Waals surface area contributed by atoms with Gasteiger partial charge in [0.05, 0.1) is 0 Å². The third-order valence-electron chi connectivity index (χ3n) is 3.47. The fourth-order valence-corrected chi connectivity index (χ4v) is 2.56. The lowest BCUT2D eigenvalue weighted by Crippen LogP contribution is -2.01. The highest BCUT2D eigenvalue weighted by Gasteiger charge is 2.07. The topological polar surface area (TPSA) is 0 Å². The Labute approximate surface area is 101 Å². The van der Waals surface area contributed by atoms with Gasteiger partial charge in [0.1, 0.15) is 0 Å². The molecule has 0 aromatic heterocycles. The van der Waals surface area contributed by atoms with Gasteiger partial charge in [-0.1, -0.05) is 55.6 Å². The highest BCUT2D eigenvalue weighted by atomic mass is 14.1. The van der Waals surface area contributed by atoms with Crippen LogP contribution >= 0.6 is 0 Å². The lowest BCUT2D eigenvalue weighted by Gasteiger charge is -2.11. The molecule has 0 bridgehead atoms. The van der Waals surface area contributed by atoms with E-state index in [1.807, 2.05) is 6.08 Å². The average Bonchev–Trinajstić information content (AvgIpc) is 2.36. The van der Waals surface area contributed by atoms with E-state index in [4.69, 9.17) is 0 Å². The standard InChI is InChI=1S/C17H14/c1-4-13-9-10-15-11(2)5-7-14-8-6-12(3)16(13)17(14)15/h4-10H,1,3H2,2H3. The minimum atomic E-state index is 1.07. The molecule has 17 heavy (non-hydrogen) atoms. The summed E-state index contributed by atoms with van der Waals surface area (Å²) in [5.74, 6) is 0. The summed E-state index contributed by atoms with van der Waals surface area (Å²) in [5, 5.41) is 6.21. The molecule has 3 rings (SSSR count). The molecular formula is C17H14. The first-order valence-electron chi connectivity index (χ1n) is 5.78. The van der Waals surface area contributed by atoms with Crippen LogP contribution in [0, 0.1) is 6.92 Å². The van der Waals surface area contributed by atoms with Crippen molar-refractivity contribution in [2.24, 2.45) is 0 Å². The molecule has 0 amide bonds. The van der Waals surface area contributed by atoms with Gasteiger partial charge in [0.25, 0.3) is 0 Å². The molecule has 0 unspecified atom stereocenters. The zero-order valence-corrected chi connectivity index (χ0v) is 9.96. The van der Waals surface area contributed by atoms with Crippen molar-refractivity contribution >= 4 is 34.2 Å². The summed E-state index contributed by atoms with van der Waals surface area (Å²) in [5.41, 5.74) is 2.47. The van der Waals surface area contributed by atoms with Gasteiger partial charge in [-0.3, -0.25) is 0 Å². The van der Waals surface area contributed by atoms with Gasteiger partial charge in [0, 0.05) is 0 Å². The summed E-state index contributed by atoms with van der Waals surface area (Å²) in [6.45, 7) is 10.2. The molecule has 0 heteroatoms. The van der Waals surface area contributed by atoms with Crippen molar-refractivity contribution in [3.8, 4) is 0 Å². The lowest BCUT2D eigenvalue weighted by atomic mass is 9.93. The monoisotopic (exact) mass is 218 g/mol. The zero-order valence-electron chi connectivity index (χ0n) is 9.96. The van der Waals surface area contributed by atoms with Gasteiger partial charge in [-0.15, -0.1) is 0 Å². The molecule has 0 radical (unpaired) electrons. The second-order valence-electron chi connectivity index (χ2n) is 4.49. The smallest absolute Gasteiger partial charge is 0.00244 e. The van der Waals surface area contributed by atoms with Crippen LogP contribution in [0.15, 0.2) is 43.0 Å². The molecule has 0 heterocycles. The van der Waals surface area contributed by atoms with Gasteiger partial charge in [0.15, 0.2) is 0 Å². The van der Waals surface area contributed by atoms with E-state index in [0.29, 0.717) is 0 Å². The Morgan fingerprint density at radius 3 is 2.47 bits per heavy atom. The molecule has 82 valence electrons. The summed E-state index contributed by atoms with van der Waals surface area (Å²) in [7, 11) is 0. The molecule has 0 spiro atoms. The Kier molecular flexibility index (Phi) is 2.05. The molecule has 0 N–H and O–H groups in total. The van der Waals surface area contributed by atoms with Crippen molar-refractivity contribution in [3.05, 3.63) is 59.3 Å². The molecule has 0 aliphatic carbocycles. The van der Waals surface area contributed by atoms with Gasteiger partial charge in [-0.2, -0.15) is 0 Å². The number of benzene rings is 3. The Hall–Kier alpha value is -2.08. The van der Waals surface area contributed by atoms with E-state index in [-0.39, 0.29) is 0 Å². The van der Waals surface area contributed by atoms with Gasteiger partial charge >= 0.3 is 0 Å². The molecule has 0 aliphatic rings. The molecule has 0 nitrogen and oxygen atoms in total. The van der Waals surface area contributed by atoms with Crippen LogP contribution in [0.5, 0.6) is 0 Å². The van der Waals surface area contributed by atoms with E-state index >= 15 is 0 Å². The molecule has 3 aromatic rings. The minimum Gasteiger partial charge on any atom is -0.0984 e. The lowest BCUT2D eigenvalue weighted by molar-refractivity contribution is 1.54. The van der Waals surface area contributed by atoms with Crippen LogP contribution in [0.25, 0.3) is 34.2 Å². The summed E-state index contributed by atoms with van der Waals surface area (Å²) in [4.78, 5) is 0. The van der Waals surface area contributed by atoms with Gasteiger partial charge < -0.3 is 0 Å². The highest BCUT2D eigenvalue weighted by Crippen LogP contribution is 2.29. The summed E-state index contributed by atoms with van der Waals surface area (Å²) in [6.07, 6.45) is 1.91. The van der Waals surface area contributed by atoms with Crippen LogP contribution in [0.3, 0.4) is 0 Å². The fraction of sp³-hybridized carbons (Fsp3) is 0.0588. The average molecular weight is 218 g/mol. The molecule has 3 aromatic carbocycles. The van der Waals surface area contributed by atoms with Crippen LogP contribution in [-0.4, -0.2) is 0 Å². The summed E-state index contributed by atoms with van der Waals surface area (Å²) >= 11 is 0. The van der Waals surface area contributed by atoms with Crippen molar-refractivity contribution in [2.45, 2.75) is 6.92 Å². The third kappa shape index (κ3) is 1.31. The Morgan fingerprint density at radius 2 is 1.71 bits per heavy atom. The van der Waals surface area contributed by atoms with Crippen LogP contribution < -0.4 is 5.22 Å². The Morgan fingerprint density at radius 1 is 0.941 bits per heavy atom. The maximum absolute atomic E-state index is 4.14. The zero-order chi connectivity index (χ0) is 12.0. The van der Waals surface area contributed by atoms with E-state index in [2.05, 4.69) is 56.5 Å². The van der Waals surface area contributed by atoms with Crippen molar-refractivity contribution in [2.75, 3.05) is 0 Å². The highest BCUT2D eigenvalue weighted by molar-refractivity contribution is 6.13. The number of rotatable bonds is 1. The van der Waals surface area contributed by atoms with Gasteiger partial charge in [-0.25, -0.2) is 0 Å². The fourth-order valence-electron chi connectivity index (χ4n) is 2.56. The molecule has 0 fully saturated rings. The molecule has 0 saturated carbocycles. The third-order valence-corrected chi connectivity index (χ3v) is 3.47. The quantitative estimate of drug-likeness (QED) is 0.577. The largest absolute Gasteiger partial charge is 0.0984 e. The van der Waals surface area contributed by atoms with Crippen molar-refractivity contribution in [1.29, 1.82) is 0 Å². The van der Waals surface area contributed by atoms with Crippen LogP contribution in [0.2, 0.25) is 0 Å². The first-order valence-corrected chi connectivity index (χ1v) is 5.78. The first kappa shape index (κ1) is 10.1. The Bertz CT molecular complexity index is 779. The van der Waals surface area contributed by atoms with Crippen LogP contribution in [0.4, 0.5) is 0 Å². The van der Waals surface area contributed by atoms with Crippen LogP contribution in [-0.2, 0) is 0 Å². The normalized spacial score (nSPS) is 11.1. The number of hydrogen-bond acceptors (Lipinski definition) is 0. The van der Waals surface area contributed by atoms with Gasteiger partial charge in [0.2, 0.25) is 0 Å². The molecule has 0 saturated heterocycles. The summed E-state index contributed by atoms with van der Waals surface area (Å²) < 4.78 is 0. The van der Waals surface area contributed by atoms with E-state index in [1.165, 1.54) is 32.7 Å². The number of hydrogen-bond donors (Lipinski definition) is 0. The molecule has 0 aliphatic heterocycles. The second-order valence-corrected chi connectivity index (χ2v) is 4.49. The van der Waals surface area contributed by atoms with E-state index < -0.39 is 0 Å². The van der Waals surface area contributed by atoms with E-state index in [9.17, 15) is 0 Å². The maximum atomic E-state index is 4.14. The molecular weight excluding hydrogens is 204 g/mol. The van der Waals surface area contributed by atoms with Gasteiger partial charge in [-0.05, 0) is 44.8 Å². The summed E-state index contributed by atoms with van der Waals surface area (Å²) in [6, 6.07) is 12.9.